The predicted octanol–water partition coefficient (Wildman–Crippen LogP) is 6.06. The van der Waals surface area contributed by atoms with E-state index in [-0.39, 0.29) is 5.41 Å². The van der Waals surface area contributed by atoms with Crippen LogP contribution in [0.1, 0.15) is 43.0 Å². The molecule has 0 fully saturated rings. The van der Waals surface area contributed by atoms with Crippen LogP contribution in [0.15, 0.2) is 46.2 Å². The number of hydrogen-bond donors (Lipinski definition) is 0. The smallest absolute Gasteiger partial charge is 0.0127 e. The fraction of sp³-hybridized carbons (Fsp3) is 0.368. The van der Waals surface area contributed by atoms with Crippen LogP contribution < -0.4 is 0 Å². The van der Waals surface area contributed by atoms with Crippen LogP contribution in [-0.2, 0) is 5.41 Å². The second-order valence-electron chi connectivity index (χ2n) is 6.56. The average molecular weight is 284 g/mol. The Labute approximate surface area is 127 Å². The van der Waals surface area contributed by atoms with Crippen LogP contribution in [0.2, 0.25) is 0 Å². The summed E-state index contributed by atoms with van der Waals surface area (Å²) in [5.41, 5.74) is 5.76. The average Bonchev–Trinajstić information content (AvgIpc) is 2.35. The summed E-state index contributed by atoms with van der Waals surface area (Å²) in [6, 6.07) is 13.5. The maximum Gasteiger partial charge on any atom is 0.0127 e. The minimum Gasteiger partial charge on any atom is -0.0901 e. The molecule has 0 aromatic heterocycles. The van der Waals surface area contributed by atoms with E-state index in [1.54, 1.807) is 0 Å². The van der Waals surface area contributed by atoms with Gasteiger partial charge in [-0.15, -0.1) is 0 Å². The van der Waals surface area contributed by atoms with Gasteiger partial charge in [0.2, 0.25) is 0 Å². The molecule has 0 atom stereocenters. The third kappa shape index (κ3) is 3.46. The second kappa shape index (κ2) is 5.65. The van der Waals surface area contributed by atoms with Crippen molar-refractivity contribution < 1.29 is 0 Å². The highest BCUT2D eigenvalue weighted by molar-refractivity contribution is 7.99. The van der Waals surface area contributed by atoms with Crippen LogP contribution in [-0.4, -0.2) is 0 Å². The molecule has 2 aromatic carbocycles. The lowest BCUT2D eigenvalue weighted by Crippen LogP contribution is -2.10. The first-order chi connectivity index (χ1) is 9.27. The Morgan fingerprint density at radius 3 is 1.70 bits per heavy atom. The van der Waals surface area contributed by atoms with Crippen LogP contribution in [0.5, 0.6) is 0 Å². The molecule has 0 heterocycles. The van der Waals surface area contributed by atoms with Crippen molar-refractivity contribution in [2.75, 3.05) is 0 Å². The molecule has 106 valence electrons. The lowest BCUT2D eigenvalue weighted by Gasteiger charge is -2.19. The van der Waals surface area contributed by atoms with Crippen LogP contribution in [0.3, 0.4) is 0 Å². The first-order valence-corrected chi connectivity index (χ1v) is 7.95. The molecule has 0 amide bonds. The summed E-state index contributed by atoms with van der Waals surface area (Å²) in [6.07, 6.45) is 0. The quantitative estimate of drug-likeness (QED) is 0.646. The van der Waals surface area contributed by atoms with Gasteiger partial charge in [-0.2, -0.15) is 0 Å². The summed E-state index contributed by atoms with van der Waals surface area (Å²) in [7, 11) is 0. The lowest BCUT2D eigenvalue weighted by atomic mass is 9.87. The van der Waals surface area contributed by atoms with E-state index in [9.17, 15) is 0 Å². The largest absolute Gasteiger partial charge is 0.0901 e. The van der Waals surface area contributed by atoms with Gasteiger partial charge in [-0.25, -0.2) is 0 Å². The molecule has 0 bridgehead atoms. The molecule has 20 heavy (non-hydrogen) atoms. The number of hydrogen-bond acceptors (Lipinski definition) is 1. The van der Waals surface area contributed by atoms with E-state index in [2.05, 4.69) is 77.9 Å². The van der Waals surface area contributed by atoms with Crippen LogP contribution in [0.25, 0.3) is 0 Å². The number of benzene rings is 2. The first-order valence-electron chi connectivity index (χ1n) is 7.13. The van der Waals surface area contributed by atoms with E-state index in [1.807, 2.05) is 11.8 Å². The molecule has 0 saturated carbocycles. The Bertz CT molecular complexity index is 578. The van der Waals surface area contributed by atoms with Crippen molar-refractivity contribution >= 4 is 11.8 Å². The molecular weight excluding hydrogens is 260 g/mol. The van der Waals surface area contributed by atoms with Gasteiger partial charge < -0.3 is 0 Å². The third-order valence-electron chi connectivity index (χ3n) is 3.86. The Kier molecular flexibility index (Phi) is 4.29. The Hall–Kier alpha value is -1.21. The molecule has 0 saturated heterocycles. The van der Waals surface area contributed by atoms with Crippen molar-refractivity contribution in [1.82, 2.24) is 0 Å². The van der Waals surface area contributed by atoms with E-state index < -0.39 is 0 Å². The van der Waals surface area contributed by atoms with E-state index in [0.29, 0.717) is 0 Å². The summed E-state index contributed by atoms with van der Waals surface area (Å²) in [5.74, 6) is 0. The van der Waals surface area contributed by atoms with E-state index in [4.69, 9.17) is 0 Å². The van der Waals surface area contributed by atoms with Gasteiger partial charge >= 0.3 is 0 Å². The zero-order valence-corrected chi connectivity index (χ0v) is 14.2. The van der Waals surface area contributed by atoms with Crippen LogP contribution >= 0.6 is 11.8 Å². The van der Waals surface area contributed by atoms with Crippen molar-refractivity contribution in [3.8, 4) is 0 Å². The van der Waals surface area contributed by atoms with Gasteiger partial charge in [0.25, 0.3) is 0 Å². The lowest BCUT2D eigenvalue weighted by molar-refractivity contribution is 0.590. The molecule has 0 nitrogen and oxygen atoms in total. The number of rotatable bonds is 2. The zero-order chi connectivity index (χ0) is 14.9. The minimum absolute atomic E-state index is 0.222. The highest BCUT2D eigenvalue weighted by Crippen LogP contribution is 2.32. The fourth-order valence-electron chi connectivity index (χ4n) is 2.21. The van der Waals surface area contributed by atoms with Crippen LogP contribution in [0.4, 0.5) is 0 Å². The third-order valence-corrected chi connectivity index (χ3v) is 4.84. The molecule has 1 heteroatoms. The van der Waals surface area contributed by atoms with Crippen molar-refractivity contribution in [3.63, 3.8) is 0 Å². The van der Waals surface area contributed by atoms with Gasteiger partial charge in [-0.3, -0.25) is 0 Å². The van der Waals surface area contributed by atoms with Gasteiger partial charge in [0, 0.05) is 9.79 Å². The normalized spacial score (nSPS) is 11.7. The van der Waals surface area contributed by atoms with Crippen molar-refractivity contribution in [1.29, 1.82) is 0 Å². The fourth-order valence-corrected chi connectivity index (χ4v) is 3.23. The molecule has 0 radical (unpaired) electrons. The Balaban J connectivity index is 2.23. The SMILES string of the molecule is Cc1cc(Sc2ccc(C(C)(C)C)cc2)cc(C)c1C. The van der Waals surface area contributed by atoms with Gasteiger partial charge in [-0.05, 0) is 72.7 Å². The maximum atomic E-state index is 2.28. The Morgan fingerprint density at radius 1 is 0.750 bits per heavy atom. The highest BCUT2D eigenvalue weighted by Gasteiger charge is 2.13. The van der Waals surface area contributed by atoms with Crippen molar-refractivity contribution in [2.24, 2.45) is 0 Å². The molecule has 0 aliphatic heterocycles. The summed E-state index contributed by atoms with van der Waals surface area (Å²) < 4.78 is 0. The van der Waals surface area contributed by atoms with Crippen molar-refractivity contribution in [3.05, 3.63) is 58.7 Å². The molecule has 0 aliphatic carbocycles. The molecule has 0 aliphatic rings. The molecule has 0 spiro atoms. The van der Waals surface area contributed by atoms with E-state index >= 15 is 0 Å². The summed E-state index contributed by atoms with van der Waals surface area (Å²) in [5, 5.41) is 0. The van der Waals surface area contributed by atoms with Gasteiger partial charge in [0.15, 0.2) is 0 Å². The Morgan fingerprint density at radius 2 is 1.25 bits per heavy atom. The molecule has 2 rings (SSSR count). The highest BCUT2D eigenvalue weighted by atomic mass is 32.2. The van der Waals surface area contributed by atoms with Gasteiger partial charge in [0.1, 0.15) is 0 Å². The maximum absolute atomic E-state index is 2.28. The summed E-state index contributed by atoms with van der Waals surface area (Å²) in [6.45, 7) is 13.3. The van der Waals surface area contributed by atoms with Gasteiger partial charge in [-0.1, -0.05) is 44.7 Å². The zero-order valence-electron chi connectivity index (χ0n) is 13.4. The number of aryl methyl sites for hydroxylation is 2. The molecular formula is C19H24S. The van der Waals surface area contributed by atoms with Crippen molar-refractivity contribution in [2.45, 2.75) is 56.7 Å². The topological polar surface area (TPSA) is 0 Å². The van der Waals surface area contributed by atoms with E-state index in [0.717, 1.165) is 0 Å². The standard InChI is InChI=1S/C19H24S/c1-13-11-18(12-14(2)15(13)3)20-17-9-7-16(8-10-17)19(4,5)6/h7-12H,1-6H3. The second-order valence-corrected chi connectivity index (χ2v) is 7.71. The molecule has 0 unspecified atom stereocenters. The monoisotopic (exact) mass is 284 g/mol. The van der Waals surface area contributed by atoms with Gasteiger partial charge in [0.05, 0.1) is 0 Å². The summed E-state index contributed by atoms with van der Waals surface area (Å²) in [4.78, 5) is 2.63. The first kappa shape index (κ1) is 15.2. The summed E-state index contributed by atoms with van der Waals surface area (Å²) >= 11 is 1.84. The predicted molar refractivity (Wildman–Crippen MR) is 89.9 cm³/mol. The molecule has 2 aromatic rings. The van der Waals surface area contributed by atoms with E-state index in [1.165, 1.54) is 32.0 Å². The molecule has 0 N–H and O–H groups in total. The van der Waals surface area contributed by atoms with Crippen LogP contribution in [0, 0.1) is 20.8 Å². The minimum atomic E-state index is 0.222.